The summed E-state index contributed by atoms with van der Waals surface area (Å²) in [5.41, 5.74) is 3.98. The molecule has 0 radical (unpaired) electrons. The number of ether oxygens (including phenoxy) is 1. The fourth-order valence-corrected chi connectivity index (χ4v) is 5.64. The van der Waals surface area contributed by atoms with Crippen molar-refractivity contribution in [2.45, 2.75) is 12.5 Å². The van der Waals surface area contributed by atoms with Crippen molar-refractivity contribution in [2.24, 2.45) is 0 Å². The van der Waals surface area contributed by atoms with Crippen LogP contribution in [0.3, 0.4) is 0 Å². The van der Waals surface area contributed by atoms with E-state index >= 15 is 4.39 Å². The molecule has 12 nitrogen and oxygen atoms in total. The zero-order chi connectivity index (χ0) is 33.8. The number of carbonyl (C=O) groups excluding carboxylic acids is 3. The van der Waals surface area contributed by atoms with Crippen LogP contribution in [0.1, 0.15) is 22.7 Å². The maximum absolute atomic E-state index is 15.2. The Morgan fingerprint density at radius 3 is 2.31 bits per heavy atom. The first kappa shape index (κ1) is 31.9. The number of halogens is 3. The van der Waals surface area contributed by atoms with E-state index in [0.717, 1.165) is 27.6 Å². The van der Waals surface area contributed by atoms with Gasteiger partial charge >= 0.3 is 6.09 Å². The second kappa shape index (κ2) is 13.8. The first-order chi connectivity index (χ1) is 23.2. The molecule has 0 fully saturated rings. The van der Waals surface area contributed by atoms with Crippen molar-refractivity contribution in [1.82, 2.24) is 30.5 Å². The molecule has 1 unspecified atom stereocenters. The summed E-state index contributed by atoms with van der Waals surface area (Å²) in [6.07, 6.45) is 2.16. The molecule has 242 valence electrons. The third kappa shape index (κ3) is 6.59. The van der Waals surface area contributed by atoms with Crippen LogP contribution < -0.4 is 10.6 Å². The lowest BCUT2D eigenvalue weighted by molar-refractivity contribution is -0.135. The van der Waals surface area contributed by atoms with Gasteiger partial charge in [0.15, 0.2) is 5.82 Å². The summed E-state index contributed by atoms with van der Waals surface area (Å²) in [7, 11) is 1.27. The molecule has 15 heteroatoms. The molecular formula is C33H25ClF2N8O4. The molecule has 4 aromatic carbocycles. The molecule has 2 N–H and O–H groups in total. The van der Waals surface area contributed by atoms with Gasteiger partial charge in [-0.05, 0) is 104 Å². The minimum Gasteiger partial charge on any atom is -0.453 e. The fourth-order valence-electron chi connectivity index (χ4n) is 5.47. The molecule has 5 aromatic rings. The quantitative estimate of drug-likeness (QED) is 0.213. The van der Waals surface area contributed by atoms with E-state index in [0.29, 0.717) is 23.4 Å². The summed E-state index contributed by atoms with van der Waals surface area (Å²) in [5, 5.41) is 19.4. The van der Waals surface area contributed by atoms with E-state index < -0.39 is 35.6 Å². The number of nitrogens with one attached hydrogen (secondary N) is 2. The smallest absolute Gasteiger partial charge is 0.411 e. The third-order valence-electron chi connectivity index (χ3n) is 7.70. The van der Waals surface area contributed by atoms with Crippen molar-refractivity contribution >= 4 is 47.0 Å². The lowest BCUT2D eigenvalue weighted by Crippen LogP contribution is -2.45. The Morgan fingerprint density at radius 2 is 1.60 bits per heavy atom. The molecule has 0 aliphatic carbocycles. The second-order valence-electron chi connectivity index (χ2n) is 10.5. The molecule has 1 aromatic heterocycles. The number of aromatic nitrogens is 5. The van der Waals surface area contributed by atoms with Crippen LogP contribution in [0, 0.1) is 11.6 Å². The fraction of sp³-hybridized carbons (Fsp3) is 0.121. The number of benzene rings is 4. The highest BCUT2D eigenvalue weighted by Crippen LogP contribution is 2.37. The van der Waals surface area contributed by atoms with Crippen LogP contribution in [-0.4, -0.2) is 62.1 Å². The number of anilines is 2. The number of amides is 3. The number of carbonyl (C=O) groups is 3. The van der Waals surface area contributed by atoms with Gasteiger partial charge in [-0.25, -0.2) is 13.6 Å². The van der Waals surface area contributed by atoms with Crippen LogP contribution in [0.15, 0.2) is 84.9 Å². The van der Waals surface area contributed by atoms with Crippen LogP contribution in [0.25, 0.3) is 22.9 Å². The van der Waals surface area contributed by atoms with Gasteiger partial charge < -0.3 is 15.0 Å². The largest absolute Gasteiger partial charge is 0.453 e. The molecule has 0 saturated heterocycles. The topological polar surface area (TPSA) is 144 Å². The highest BCUT2D eigenvalue weighted by Gasteiger charge is 2.36. The number of fused-ring (bicyclic) bond motifs is 1. The molecule has 0 saturated carbocycles. The van der Waals surface area contributed by atoms with Gasteiger partial charge in [-0.15, -0.1) is 4.80 Å². The zero-order valence-electron chi connectivity index (χ0n) is 25.1. The summed E-state index contributed by atoms with van der Waals surface area (Å²) in [6, 6.07) is 19.5. The van der Waals surface area contributed by atoms with Crippen molar-refractivity contribution < 1.29 is 27.9 Å². The van der Waals surface area contributed by atoms with Crippen molar-refractivity contribution in [3.05, 3.63) is 118 Å². The number of hydrogen-bond donors (Lipinski definition) is 2. The predicted octanol–water partition coefficient (Wildman–Crippen LogP) is 5.61. The van der Waals surface area contributed by atoms with Crippen LogP contribution >= 0.6 is 11.6 Å². The molecular weight excluding hydrogens is 646 g/mol. The van der Waals surface area contributed by atoms with E-state index in [4.69, 9.17) is 11.6 Å². The second-order valence-corrected chi connectivity index (χ2v) is 10.9. The van der Waals surface area contributed by atoms with Crippen LogP contribution in [0.2, 0.25) is 5.02 Å². The Hall–Kier alpha value is -6.02. The summed E-state index contributed by atoms with van der Waals surface area (Å²) >= 11 is 6.04. The van der Waals surface area contributed by atoms with Crippen molar-refractivity contribution in [2.75, 3.05) is 24.3 Å². The summed E-state index contributed by atoms with van der Waals surface area (Å²) in [5.74, 6) is -2.41. The maximum Gasteiger partial charge on any atom is 0.411 e. The Kier molecular flexibility index (Phi) is 9.16. The maximum atomic E-state index is 15.2. The van der Waals surface area contributed by atoms with Gasteiger partial charge in [-0.3, -0.25) is 14.9 Å². The monoisotopic (exact) mass is 670 g/mol. The van der Waals surface area contributed by atoms with Crippen LogP contribution in [-0.2, 0) is 20.7 Å². The number of methoxy groups -OCH3 is 1. The average Bonchev–Trinajstić information content (AvgIpc) is 3.64. The van der Waals surface area contributed by atoms with E-state index in [9.17, 15) is 18.8 Å². The Balaban J connectivity index is 1.36. The molecule has 48 heavy (non-hydrogen) atoms. The molecule has 1 aliphatic heterocycles. The molecule has 3 amide bonds. The van der Waals surface area contributed by atoms with E-state index in [1.165, 1.54) is 54.5 Å². The van der Waals surface area contributed by atoms with Crippen molar-refractivity contribution in [3.8, 4) is 16.8 Å². The normalized spacial score (nSPS) is 14.0. The predicted molar refractivity (Wildman–Crippen MR) is 172 cm³/mol. The first-order valence-corrected chi connectivity index (χ1v) is 14.8. The van der Waals surface area contributed by atoms with E-state index in [1.54, 1.807) is 24.3 Å². The highest BCUT2D eigenvalue weighted by molar-refractivity contribution is 6.31. The van der Waals surface area contributed by atoms with E-state index in [2.05, 4.69) is 36.2 Å². The van der Waals surface area contributed by atoms with Crippen molar-refractivity contribution in [3.63, 3.8) is 0 Å². The molecule has 1 atom stereocenters. The zero-order valence-corrected chi connectivity index (χ0v) is 25.9. The number of hydrogen-bond acceptors (Lipinski definition) is 8. The molecule has 1 aliphatic rings. The Bertz CT molecular complexity index is 2020. The summed E-state index contributed by atoms with van der Waals surface area (Å²) in [6.45, 7) is 0.135. The minimum absolute atomic E-state index is 0.0900. The van der Waals surface area contributed by atoms with Gasteiger partial charge in [0.2, 0.25) is 5.91 Å². The van der Waals surface area contributed by atoms with E-state index in [-0.39, 0.29) is 22.8 Å². The van der Waals surface area contributed by atoms with Gasteiger partial charge in [0.1, 0.15) is 11.9 Å². The lowest BCUT2D eigenvalue weighted by atomic mass is 9.86. The van der Waals surface area contributed by atoms with Gasteiger partial charge in [0.25, 0.3) is 5.91 Å². The van der Waals surface area contributed by atoms with Crippen LogP contribution in [0.5, 0.6) is 0 Å². The Labute approximate surface area is 276 Å². The SMILES string of the molecule is COC(=O)Nc1ccc(-c2cccc3c2CCN(C(=O)/C=C/c2c(-n4nnnn4)ccc(Cl)c2F)C3C(=O)Nc2ccc(F)cc2)cc1. The first-order valence-electron chi connectivity index (χ1n) is 14.5. The van der Waals surface area contributed by atoms with Crippen molar-refractivity contribution in [1.29, 1.82) is 0 Å². The number of rotatable bonds is 7. The minimum atomic E-state index is -1.11. The highest BCUT2D eigenvalue weighted by atomic mass is 35.5. The third-order valence-corrected chi connectivity index (χ3v) is 7.99. The van der Waals surface area contributed by atoms with E-state index in [1.807, 2.05) is 18.2 Å². The lowest BCUT2D eigenvalue weighted by Gasteiger charge is -2.36. The summed E-state index contributed by atoms with van der Waals surface area (Å²) < 4.78 is 33.4. The van der Waals surface area contributed by atoms with Gasteiger partial charge in [0.05, 0.1) is 17.8 Å². The number of nitrogens with zero attached hydrogens (tertiary/aromatic N) is 6. The van der Waals surface area contributed by atoms with Gasteiger partial charge in [-0.1, -0.05) is 41.9 Å². The molecule has 0 bridgehead atoms. The average molecular weight is 671 g/mol. The van der Waals surface area contributed by atoms with Crippen LogP contribution in [0.4, 0.5) is 25.0 Å². The molecule has 6 rings (SSSR count). The molecule has 0 spiro atoms. The standard InChI is InChI=1S/C33H25ClF2N8O4/c1-48-33(47)38-22-9-5-19(6-10-22)23-3-2-4-25-24(23)17-18-43(31(25)32(46)37-21-11-7-20(35)8-12-21)29(45)16-13-26-28(44-41-39-40-42-44)15-14-27(34)30(26)36/h2-16,31H,17-18H2,1H3,(H,37,46)(H,38,47)/b16-13+. The summed E-state index contributed by atoms with van der Waals surface area (Å²) in [4.78, 5) is 41.8. The molecule has 2 heterocycles. The Morgan fingerprint density at radius 1 is 0.917 bits per heavy atom. The van der Waals surface area contributed by atoms with Gasteiger partial charge in [0, 0.05) is 29.6 Å². The van der Waals surface area contributed by atoms with Gasteiger partial charge in [-0.2, -0.15) is 0 Å².